The highest BCUT2D eigenvalue weighted by atomic mass is 79.9. The molecule has 7 heteroatoms. The molecule has 0 bridgehead atoms. The van der Waals surface area contributed by atoms with Gasteiger partial charge in [-0.1, -0.05) is 29.3 Å². The largest absolute Gasteiger partial charge is 0.340 e. The van der Waals surface area contributed by atoms with Crippen molar-refractivity contribution < 1.29 is 13.2 Å². The molecule has 1 fully saturated rings. The minimum absolute atomic E-state index is 0.127. The quantitative estimate of drug-likeness (QED) is 0.778. The molecule has 1 amide bonds. The fourth-order valence-corrected chi connectivity index (χ4v) is 4.11. The van der Waals surface area contributed by atoms with Gasteiger partial charge in [0.15, 0.2) is 0 Å². The molecule has 0 radical (unpaired) electrons. The van der Waals surface area contributed by atoms with E-state index in [4.69, 9.17) is 0 Å². The normalized spacial score (nSPS) is 16.7. The van der Waals surface area contributed by atoms with Crippen molar-refractivity contribution in [3.05, 3.63) is 28.7 Å². The smallest absolute Gasteiger partial charge is 0.243 e. The Labute approximate surface area is 140 Å². The third-order valence-electron chi connectivity index (χ3n) is 3.79. The number of hydrogen-bond acceptors (Lipinski definition) is 3. The van der Waals surface area contributed by atoms with Crippen LogP contribution < -0.4 is 0 Å². The number of amides is 1. The van der Waals surface area contributed by atoms with E-state index >= 15 is 0 Å². The Morgan fingerprint density at radius 2 is 1.73 bits per heavy atom. The molecule has 0 atom stereocenters. The van der Waals surface area contributed by atoms with Gasteiger partial charge in [0.1, 0.15) is 0 Å². The zero-order valence-corrected chi connectivity index (χ0v) is 15.1. The van der Waals surface area contributed by atoms with Crippen molar-refractivity contribution in [2.75, 3.05) is 26.2 Å². The maximum Gasteiger partial charge on any atom is 0.243 e. The van der Waals surface area contributed by atoms with Crippen molar-refractivity contribution in [1.29, 1.82) is 0 Å². The number of benzene rings is 1. The van der Waals surface area contributed by atoms with Crippen molar-refractivity contribution >= 4 is 31.9 Å². The first-order chi connectivity index (χ1) is 10.4. The molecule has 1 saturated heterocycles. The summed E-state index contributed by atoms with van der Waals surface area (Å²) in [6.45, 7) is 3.71. The van der Waals surface area contributed by atoms with Crippen LogP contribution in [0.1, 0.15) is 26.2 Å². The van der Waals surface area contributed by atoms with E-state index in [0.717, 1.165) is 17.3 Å². The Balaban J connectivity index is 1.98. The number of rotatable bonds is 5. The van der Waals surface area contributed by atoms with Gasteiger partial charge in [0.05, 0.1) is 4.90 Å². The maximum atomic E-state index is 12.6. The van der Waals surface area contributed by atoms with Gasteiger partial charge in [0.25, 0.3) is 0 Å². The fourth-order valence-electron chi connectivity index (χ4n) is 2.42. The van der Waals surface area contributed by atoms with Crippen molar-refractivity contribution in [2.24, 2.45) is 0 Å². The standard InChI is InChI=1S/C15H21BrN2O3S/c1-2-3-4-15(19)17-9-11-18(12-10-17)22(20,21)14-7-5-13(16)6-8-14/h5-8H,2-4,9-12H2,1H3. The second kappa shape index (κ2) is 7.57. The second-order valence-corrected chi connectivity index (χ2v) is 8.20. The van der Waals surface area contributed by atoms with Crippen molar-refractivity contribution in [3.63, 3.8) is 0 Å². The zero-order valence-electron chi connectivity index (χ0n) is 12.7. The average Bonchev–Trinajstić information content (AvgIpc) is 2.53. The van der Waals surface area contributed by atoms with Gasteiger partial charge in [-0.25, -0.2) is 8.42 Å². The molecular formula is C15H21BrN2O3S. The third-order valence-corrected chi connectivity index (χ3v) is 6.23. The summed E-state index contributed by atoms with van der Waals surface area (Å²) in [7, 11) is -3.47. The van der Waals surface area contributed by atoms with E-state index in [-0.39, 0.29) is 5.91 Å². The number of carbonyl (C=O) groups excluding carboxylic acids is 1. The second-order valence-electron chi connectivity index (χ2n) is 5.34. The summed E-state index contributed by atoms with van der Waals surface area (Å²) in [5.74, 6) is 0.127. The fraction of sp³-hybridized carbons (Fsp3) is 0.533. The van der Waals surface area contributed by atoms with Crippen LogP contribution in [0.15, 0.2) is 33.6 Å². The Morgan fingerprint density at radius 3 is 2.27 bits per heavy atom. The lowest BCUT2D eigenvalue weighted by Crippen LogP contribution is -2.50. The van der Waals surface area contributed by atoms with Crippen molar-refractivity contribution in [3.8, 4) is 0 Å². The van der Waals surface area contributed by atoms with E-state index in [1.165, 1.54) is 4.31 Å². The lowest BCUT2D eigenvalue weighted by atomic mass is 10.2. The summed E-state index contributed by atoms with van der Waals surface area (Å²) in [5, 5.41) is 0. The first-order valence-electron chi connectivity index (χ1n) is 7.48. The number of hydrogen-bond donors (Lipinski definition) is 0. The van der Waals surface area contributed by atoms with Gasteiger partial charge < -0.3 is 4.90 Å². The molecule has 1 aromatic rings. The van der Waals surface area contributed by atoms with Crippen molar-refractivity contribution in [1.82, 2.24) is 9.21 Å². The highest BCUT2D eigenvalue weighted by molar-refractivity contribution is 9.10. The summed E-state index contributed by atoms with van der Waals surface area (Å²) in [5.41, 5.74) is 0. The Kier molecular flexibility index (Phi) is 6.00. The van der Waals surface area contributed by atoms with Crippen LogP contribution in [0.4, 0.5) is 0 Å². The van der Waals surface area contributed by atoms with Crippen molar-refractivity contribution in [2.45, 2.75) is 31.1 Å². The molecule has 5 nitrogen and oxygen atoms in total. The lowest BCUT2D eigenvalue weighted by molar-refractivity contribution is -0.132. The molecule has 0 spiro atoms. The first kappa shape index (κ1) is 17.4. The summed E-state index contributed by atoms with van der Waals surface area (Å²) in [6.07, 6.45) is 2.43. The summed E-state index contributed by atoms with van der Waals surface area (Å²) in [6, 6.07) is 6.63. The molecule has 1 heterocycles. The minimum Gasteiger partial charge on any atom is -0.340 e. The van der Waals surface area contributed by atoms with Crippen LogP contribution in [-0.4, -0.2) is 49.7 Å². The molecule has 1 aromatic carbocycles. The molecule has 0 aliphatic carbocycles. The van der Waals surface area contributed by atoms with Gasteiger partial charge in [0.2, 0.25) is 15.9 Å². The van der Waals surface area contributed by atoms with Crippen LogP contribution in [0.3, 0.4) is 0 Å². The van der Waals surface area contributed by atoms with Crippen LogP contribution in [0.2, 0.25) is 0 Å². The topological polar surface area (TPSA) is 57.7 Å². The predicted molar refractivity (Wildman–Crippen MR) is 89.0 cm³/mol. The highest BCUT2D eigenvalue weighted by Gasteiger charge is 2.29. The summed E-state index contributed by atoms with van der Waals surface area (Å²) >= 11 is 3.30. The van der Waals surface area contributed by atoms with E-state index in [9.17, 15) is 13.2 Å². The van der Waals surface area contributed by atoms with Crippen LogP contribution in [0.5, 0.6) is 0 Å². The Morgan fingerprint density at radius 1 is 1.14 bits per heavy atom. The van der Waals surface area contributed by atoms with Gasteiger partial charge in [-0.3, -0.25) is 4.79 Å². The molecule has 0 saturated carbocycles. The number of unbranched alkanes of at least 4 members (excludes halogenated alkanes) is 1. The van der Waals surface area contributed by atoms with Gasteiger partial charge in [-0.05, 0) is 30.7 Å². The van der Waals surface area contributed by atoms with Crippen LogP contribution in [0, 0.1) is 0 Å². The first-order valence-corrected chi connectivity index (χ1v) is 9.72. The number of sulfonamides is 1. The van der Waals surface area contributed by atoms with E-state index in [1.807, 2.05) is 0 Å². The number of carbonyl (C=O) groups is 1. The highest BCUT2D eigenvalue weighted by Crippen LogP contribution is 2.20. The monoisotopic (exact) mass is 388 g/mol. The average molecular weight is 389 g/mol. The molecule has 122 valence electrons. The van der Waals surface area contributed by atoms with Gasteiger partial charge >= 0.3 is 0 Å². The molecule has 1 aliphatic heterocycles. The molecule has 0 aromatic heterocycles. The molecule has 0 N–H and O–H groups in total. The van der Waals surface area contributed by atoms with Crippen LogP contribution in [0.25, 0.3) is 0 Å². The number of halogens is 1. The molecular weight excluding hydrogens is 368 g/mol. The maximum absolute atomic E-state index is 12.6. The molecule has 1 aliphatic rings. The molecule has 2 rings (SSSR count). The summed E-state index contributed by atoms with van der Waals surface area (Å²) in [4.78, 5) is 14.0. The summed E-state index contributed by atoms with van der Waals surface area (Å²) < 4.78 is 27.4. The van der Waals surface area contributed by atoms with E-state index < -0.39 is 10.0 Å². The molecule has 0 unspecified atom stereocenters. The Hall–Kier alpha value is -0.920. The number of nitrogens with zero attached hydrogens (tertiary/aromatic N) is 2. The van der Waals surface area contributed by atoms with Gasteiger partial charge in [-0.2, -0.15) is 4.31 Å². The van der Waals surface area contributed by atoms with E-state index in [0.29, 0.717) is 37.5 Å². The van der Waals surface area contributed by atoms with Crippen LogP contribution >= 0.6 is 15.9 Å². The third kappa shape index (κ3) is 4.08. The SMILES string of the molecule is CCCCC(=O)N1CCN(S(=O)(=O)c2ccc(Br)cc2)CC1. The molecule has 22 heavy (non-hydrogen) atoms. The Bertz CT molecular complexity index is 608. The van der Waals surface area contributed by atoms with E-state index in [2.05, 4.69) is 22.9 Å². The zero-order chi connectivity index (χ0) is 16.2. The number of piperazine rings is 1. The predicted octanol–water partition coefficient (Wildman–Crippen LogP) is 2.47. The lowest BCUT2D eigenvalue weighted by Gasteiger charge is -2.34. The van der Waals surface area contributed by atoms with Gasteiger partial charge in [-0.15, -0.1) is 0 Å². The minimum atomic E-state index is -3.47. The van der Waals surface area contributed by atoms with Crippen LogP contribution in [-0.2, 0) is 14.8 Å². The van der Waals surface area contributed by atoms with Gasteiger partial charge in [0, 0.05) is 37.1 Å². The van der Waals surface area contributed by atoms with E-state index in [1.54, 1.807) is 29.2 Å².